The molecule has 1 aromatic carbocycles. The maximum atomic E-state index is 11.0. The second-order valence-electron chi connectivity index (χ2n) is 4.73. The molecule has 5 nitrogen and oxygen atoms in total. The van der Waals surface area contributed by atoms with Crippen LogP contribution < -0.4 is 5.73 Å². The average molecular weight is 278 g/mol. The van der Waals surface area contributed by atoms with Gasteiger partial charge < -0.3 is 10.3 Å². The first-order valence-electron chi connectivity index (χ1n) is 6.02. The van der Waals surface area contributed by atoms with Gasteiger partial charge in [-0.1, -0.05) is 35.3 Å². The van der Waals surface area contributed by atoms with Gasteiger partial charge in [-0.25, -0.2) is 0 Å². The van der Waals surface area contributed by atoms with Gasteiger partial charge in [0.1, 0.15) is 0 Å². The number of rotatable bonds is 3. The summed E-state index contributed by atoms with van der Waals surface area (Å²) in [5.74, 6) is -0.350. The second kappa shape index (κ2) is 4.35. The Morgan fingerprint density at radius 2 is 2.21 bits per heavy atom. The molecule has 6 heteroatoms. The lowest BCUT2D eigenvalue weighted by atomic mass is 9.64. The highest BCUT2D eigenvalue weighted by Crippen LogP contribution is 2.48. The van der Waals surface area contributed by atoms with Crippen LogP contribution in [-0.2, 0) is 5.41 Å². The zero-order valence-corrected chi connectivity index (χ0v) is 10.9. The van der Waals surface area contributed by atoms with Crippen LogP contribution in [0.2, 0.25) is 5.02 Å². The lowest BCUT2D eigenvalue weighted by Gasteiger charge is -2.39. The molecule has 0 saturated heterocycles. The molecule has 0 atom stereocenters. The summed E-state index contributed by atoms with van der Waals surface area (Å²) in [4.78, 5) is 15.2. The monoisotopic (exact) mass is 277 g/mol. The average Bonchev–Trinajstić information content (AvgIpc) is 2.77. The minimum atomic E-state index is -0.709. The maximum absolute atomic E-state index is 11.0. The second-order valence-corrected chi connectivity index (χ2v) is 5.17. The predicted octanol–water partition coefficient (Wildman–Crippen LogP) is 2.29. The fourth-order valence-electron chi connectivity index (χ4n) is 2.48. The third-order valence-corrected chi connectivity index (χ3v) is 3.88. The van der Waals surface area contributed by atoms with Crippen molar-refractivity contribution in [3.63, 3.8) is 0 Å². The molecule has 3 rings (SSSR count). The number of aromatic nitrogens is 2. The number of carbonyl (C=O) groups is 1. The van der Waals surface area contributed by atoms with Crippen LogP contribution in [-0.4, -0.2) is 16.0 Å². The number of hydrogen-bond acceptors (Lipinski definition) is 4. The van der Waals surface area contributed by atoms with Crippen LogP contribution in [0.4, 0.5) is 0 Å². The first kappa shape index (κ1) is 12.2. The molecule has 2 aromatic rings. The fraction of sp³-hybridized carbons (Fsp3) is 0.308. The third-order valence-electron chi connectivity index (χ3n) is 3.65. The molecule has 1 fully saturated rings. The van der Waals surface area contributed by atoms with Crippen molar-refractivity contribution in [2.75, 3.05) is 0 Å². The number of amides is 1. The first-order valence-corrected chi connectivity index (χ1v) is 6.40. The predicted molar refractivity (Wildman–Crippen MR) is 68.9 cm³/mol. The maximum Gasteiger partial charge on any atom is 0.315 e. The number of halogens is 1. The number of carbonyl (C=O) groups excluding carboxylic acids is 1. The molecule has 2 N–H and O–H groups in total. The van der Waals surface area contributed by atoms with Gasteiger partial charge >= 0.3 is 11.8 Å². The summed E-state index contributed by atoms with van der Waals surface area (Å²) in [7, 11) is 0. The van der Waals surface area contributed by atoms with Gasteiger partial charge in [0.2, 0.25) is 0 Å². The number of primary amides is 1. The zero-order chi connectivity index (χ0) is 13.5. The van der Waals surface area contributed by atoms with Crippen LogP contribution in [0.25, 0.3) is 0 Å². The highest BCUT2D eigenvalue weighted by atomic mass is 35.5. The molecular formula is C13H12ClN3O2. The number of nitrogens with zero attached hydrogens (tertiary/aromatic N) is 2. The van der Waals surface area contributed by atoms with Gasteiger partial charge in [-0.15, -0.1) is 0 Å². The van der Waals surface area contributed by atoms with Gasteiger partial charge in [0.05, 0.1) is 5.41 Å². The van der Waals surface area contributed by atoms with Crippen molar-refractivity contribution in [1.82, 2.24) is 10.1 Å². The van der Waals surface area contributed by atoms with Crippen molar-refractivity contribution in [1.29, 1.82) is 0 Å². The Bertz CT molecular complexity index is 634. The summed E-state index contributed by atoms with van der Waals surface area (Å²) >= 11 is 6.04. The summed E-state index contributed by atoms with van der Waals surface area (Å²) in [6, 6.07) is 7.61. The summed E-state index contributed by atoms with van der Waals surface area (Å²) in [6.07, 6.45) is 2.89. The van der Waals surface area contributed by atoms with Crippen LogP contribution >= 0.6 is 11.6 Å². The van der Waals surface area contributed by atoms with Crippen LogP contribution in [0, 0.1) is 0 Å². The topological polar surface area (TPSA) is 82.0 Å². The van der Waals surface area contributed by atoms with E-state index in [2.05, 4.69) is 10.1 Å². The van der Waals surface area contributed by atoms with Gasteiger partial charge in [0, 0.05) is 5.02 Å². The quantitative estimate of drug-likeness (QED) is 0.933. The van der Waals surface area contributed by atoms with Crippen molar-refractivity contribution in [2.45, 2.75) is 24.7 Å². The van der Waals surface area contributed by atoms with Gasteiger partial charge in [0.15, 0.2) is 5.82 Å². The minimum Gasteiger partial charge on any atom is -0.361 e. The Morgan fingerprint density at radius 1 is 1.42 bits per heavy atom. The van der Waals surface area contributed by atoms with Crippen molar-refractivity contribution < 1.29 is 9.32 Å². The molecule has 1 saturated carbocycles. The Morgan fingerprint density at radius 3 is 2.74 bits per heavy atom. The van der Waals surface area contributed by atoms with E-state index in [9.17, 15) is 4.79 Å². The van der Waals surface area contributed by atoms with Crippen LogP contribution in [0.15, 0.2) is 28.8 Å². The Balaban J connectivity index is 2.05. The number of nitrogens with two attached hydrogens (primary N) is 1. The van der Waals surface area contributed by atoms with Crippen LogP contribution in [0.1, 0.15) is 41.3 Å². The summed E-state index contributed by atoms with van der Waals surface area (Å²) in [5, 5.41) is 4.58. The van der Waals surface area contributed by atoms with Gasteiger partial charge in [0.25, 0.3) is 0 Å². The minimum absolute atomic E-state index is 0.150. The molecule has 98 valence electrons. The van der Waals surface area contributed by atoms with E-state index in [4.69, 9.17) is 21.9 Å². The molecule has 1 aromatic heterocycles. The molecule has 1 heterocycles. The van der Waals surface area contributed by atoms with E-state index in [-0.39, 0.29) is 11.3 Å². The molecule has 19 heavy (non-hydrogen) atoms. The normalized spacial score (nSPS) is 16.9. The summed E-state index contributed by atoms with van der Waals surface area (Å²) in [6.45, 7) is 0. The number of benzene rings is 1. The van der Waals surface area contributed by atoms with E-state index in [1.165, 1.54) is 0 Å². The van der Waals surface area contributed by atoms with Gasteiger partial charge in [-0.3, -0.25) is 4.79 Å². The molecule has 1 amide bonds. The van der Waals surface area contributed by atoms with E-state index in [0.717, 1.165) is 24.8 Å². The van der Waals surface area contributed by atoms with E-state index in [1.807, 2.05) is 24.3 Å². The Labute approximate surface area is 114 Å². The lowest BCUT2D eigenvalue weighted by molar-refractivity contribution is 0.0958. The Hall–Kier alpha value is -1.88. The van der Waals surface area contributed by atoms with Crippen molar-refractivity contribution in [3.8, 4) is 0 Å². The fourth-order valence-corrected chi connectivity index (χ4v) is 2.67. The number of hydrogen-bond donors (Lipinski definition) is 1. The van der Waals surface area contributed by atoms with Crippen molar-refractivity contribution in [2.24, 2.45) is 5.73 Å². The molecular weight excluding hydrogens is 266 g/mol. The SMILES string of the molecule is NC(=O)c1nc(C2(c3cccc(Cl)c3)CCC2)no1. The zero-order valence-electron chi connectivity index (χ0n) is 10.1. The van der Waals surface area contributed by atoms with E-state index >= 15 is 0 Å². The van der Waals surface area contributed by atoms with Gasteiger partial charge in [-0.05, 0) is 30.5 Å². The molecule has 0 bridgehead atoms. The third kappa shape index (κ3) is 1.90. The molecule has 0 radical (unpaired) electrons. The molecule has 0 unspecified atom stereocenters. The molecule has 0 spiro atoms. The summed E-state index contributed by atoms with van der Waals surface area (Å²) in [5.41, 5.74) is 5.88. The smallest absolute Gasteiger partial charge is 0.315 e. The van der Waals surface area contributed by atoms with Crippen LogP contribution in [0.5, 0.6) is 0 Å². The lowest BCUT2D eigenvalue weighted by Crippen LogP contribution is -2.36. The van der Waals surface area contributed by atoms with E-state index < -0.39 is 5.91 Å². The van der Waals surface area contributed by atoms with Crippen LogP contribution in [0.3, 0.4) is 0 Å². The van der Waals surface area contributed by atoms with E-state index in [1.54, 1.807) is 0 Å². The first-order chi connectivity index (χ1) is 9.12. The highest BCUT2D eigenvalue weighted by Gasteiger charge is 2.44. The van der Waals surface area contributed by atoms with Gasteiger partial charge in [-0.2, -0.15) is 4.98 Å². The largest absolute Gasteiger partial charge is 0.361 e. The standard InChI is InChI=1S/C13H12ClN3O2/c14-9-4-1-3-8(7-9)13(5-2-6-13)12-16-11(10(15)18)19-17-12/h1,3-4,7H,2,5-6H2,(H2,15,18). The molecule has 0 aliphatic heterocycles. The Kier molecular flexibility index (Phi) is 2.78. The molecule has 1 aliphatic rings. The van der Waals surface area contributed by atoms with Crippen molar-refractivity contribution in [3.05, 3.63) is 46.6 Å². The van der Waals surface area contributed by atoms with E-state index in [0.29, 0.717) is 10.8 Å². The molecule has 1 aliphatic carbocycles. The summed E-state index contributed by atoms with van der Waals surface area (Å²) < 4.78 is 4.89. The van der Waals surface area contributed by atoms with Crippen molar-refractivity contribution >= 4 is 17.5 Å². The highest BCUT2D eigenvalue weighted by molar-refractivity contribution is 6.30.